The summed E-state index contributed by atoms with van der Waals surface area (Å²) >= 11 is 1.78. The van der Waals surface area contributed by atoms with Crippen molar-refractivity contribution < 1.29 is 0 Å². The van der Waals surface area contributed by atoms with Gasteiger partial charge in [-0.15, -0.1) is 35.3 Å². The molecule has 1 aromatic carbocycles. The maximum absolute atomic E-state index is 9.57. The average molecular weight is 564 g/mol. The van der Waals surface area contributed by atoms with Crippen LogP contribution in [0.1, 0.15) is 28.1 Å². The average Bonchev–Trinajstić information content (AvgIpc) is 3.40. The van der Waals surface area contributed by atoms with E-state index in [2.05, 4.69) is 43.9 Å². The number of benzene rings is 1. The molecule has 2 aromatic heterocycles. The number of nitrogens with two attached hydrogens (primary N) is 1. The van der Waals surface area contributed by atoms with Crippen LogP contribution in [0.15, 0.2) is 46.8 Å². The van der Waals surface area contributed by atoms with Crippen molar-refractivity contribution in [3.8, 4) is 11.8 Å². The van der Waals surface area contributed by atoms with Crippen LogP contribution in [-0.4, -0.2) is 47.8 Å². The van der Waals surface area contributed by atoms with E-state index >= 15 is 0 Å². The highest BCUT2D eigenvalue weighted by molar-refractivity contribution is 14.0. The number of rotatable bonds is 8. The Morgan fingerprint density at radius 3 is 2.66 bits per heavy atom. The lowest BCUT2D eigenvalue weighted by Crippen LogP contribution is -2.40. The number of aryl methyl sites for hydroxylation is 2. The first kappa shape index (κ1) is 25.7. The van der Waals surface area contributed by atoms with Crippen LogP contribution in [0.4, 0.5) is 5.82 Å². The molecule has 0 bridgehead atoms. The number of aliphatic imine (C=N–C) groups is 1. The first-order chi connectivity index (χ1) is 15.0. The molecule has 0 saturated heterocycles. The van der Waals surface area contributed by atoms with Gasteiger partial charge in [-0.3, -0.25) is 4.99 Å². The van der Waals surface area contributed by atoms with Crippen molar-refractivity contribution in [3.63, 3.8) is 0 Å². The Bertz CT molecular complexity index is 1050. The minimum absolute atomic E-state index is 0. The molecule has 0 aliphatic carbocycles. The number of anilines is 1. The molecule has 0 radical (unpaired) electrons. The van der Waals surface area contributed by atoms with Crippen LogP contribution in [0.2, 0.25) is 0 Å². The molecule has 7 nitrogen and oxygen atoms in total. The topological polar surface area (TPSA) is 95.3 Å². The van der Waals surface area contributed by atoms with E-state index in [9.17, 15) is 5.26 Å². The van der Waals surface area contributed by atoms with E-state index in [1.807, 2.05) is 38.2 Å². The molecule has 0 atom stereocenters. The highest BCUT2D eigenvalue weighted by atomic mass is 127. The van der Waals surface area contributed by atoms with Crippen molar-refractivity contribution in [2.45, 2.75) is 26.2 Å². The highest BCUT2D eigenvalue weighted by Crippen LogP contribution is 2.21. The summed E-state index contributed by atoms with van der Waals surface area (Å²) in [6.07, 6.45) is 2.47. The summed E-state index contributed by atoms with van der Waals surface area (Å²) in [6.45, 7) is 3.66. The molecule has 2 heterocycles. The second-order valence-corrected chi connectivity index (χ2v) is 8.43. The Morgan fingerprint density at radius 2 is 2.03 bits per heavy atom. The summed E-state index contributed by atoms with van der Waals surface area (Å²) in [6, 6.07) is 14.4. The van der Waals surface area contributed by atoms with Gasteiger partial charge in [0.1, 0.15) is 17.5 Å². The number of nitrogens with one attached hydrogen (secondary N) is 1. The summed E-state index contributed by atoms with van der Waals surface area (Å²) in [5.74, 6) is 1.25. The number of aromatic nitrogens is 2. The van der Waals surface area contributed by atoms with Crippen LogP contribution < -0.4 is 11.1 Å². The number of nitrogen functional groups attached to an aromatic ring is 1. The van der Waals surface area contributed by atoms with Crippen LogP contribution in [0.3, 0.4) is 0 Å². The third-order valence-corrected chi connectivity index (χ3v) is 6.04. The minimum atomic E-state index is 0. The lowest BCUT2D eigenvalue weighted by molar-refractivity contribution is 0.485. The van der Waals surface area contributed by atoms with Crippen molar-refractivity contribution >= 4 is 47.1 Å². The van der Waals surface area contributed by atoms with Gasteiger partial charge in [-0.05, 0) is 49.8 Å². The van der Waals surface area contributed by atoms with Gasteiger partial charge in [-0.2, -0.15) is 10.4 Å². The predicted molar refractivity (Wildman–Crippen MR) is 143 cm³/mol. The number of thiophene rings is 1. The number of likely N-dealkylation sites (N-methyl/N-ethyl adjacent to an activating group) is 1. The molecule has 9 heteroatoms. The molecule has 32 heavy (non-hydrogen) atoms. The molecule has 0 amide bonds. The Kier molecular flexibility index (Phi) is 9.99. The van der Waals surface area contributed by atoms with Crippen molar-refractivity contribution in [3.05, 3.63) is 63.5 Å². The number of nitriles is 1. The van der Waals surface area contributed by atoms with Crippen LogP contribution in [-0.2, 0) is 12.8 Å². The van der Waals surface area contributed by atoms with E-state index in [1.54, 1.807) is 23.1 Å². The van der Waals surface area contributed by atoms with Gasteiger partial charge in [0, 0.05) is 32.1 Å². The quantitative estimate of drug-likeness (QED) is 0.187. The number of nitrogens with zero attached hydrogens (tertiary/aromatic N) is 5. The molecular formula is C23H30IN7S. The fourth-order valence-electron chi connectivity index (χ4n) is 3.34. The Balaban J connectivity index is 0.00000363. The van der Waals surface area contributed by atoms with Gasteiger partial charge >= 0.3 is 0 Å². The maximum atomic E-state index is 9.57. The fourth-order valence-corrected chi connectivity index (χ4v) is 4.04. The molecule has 0 aliphatic heterocycles. The Hall–Kier alpha value is -2.58. The number of halogens is 1. The van der Waals surface area contributed by atoms with E-state index in [4.69, 9.17) is 5.73 Å². The maximum Gasteiger partial charge on any atom is 0.193 e. The zero-order valence-corrected chi connectivity index (χ0v) is 21.9. The monoisotopic (exact) mass is 563 g/mol. The summed E-state index contributed by atoms with van der Waals surface area (Å²) < 4.78 is 1.65. The second-order valence-electron chi connectivity index (χ2n) is 7.39. The van der Waals surface area contributed by atoms with Crippen LogP contribution >= 0.6 is 35.3 Å². The van der Waals surface area contributed by atoms with Crippen molar-refractivity contribution in [2.24, 2.45) is 4.99 Å². The van der Waals surface area contributed by atoms with E-state index < -0.39 is 0 Å². The van der Waals surface area contributed by atoms with Gasteiger partial charge in [0.25, 0.3) is 0 Å². The number of hydrogen-bond acceptors (Lipinski definition) is 5. The lowest BCUT2D eigenvalue weighted by Gasteiger charge is -2.21. The minimum Gasteiger partial charge on any atom is -0.382 e. The van der Waals surface area contributed by atoms with Gasteiger partial charge in [0.2, 0.25) is 0 Å². The number of guanidine groups is 1. The van der Waals surface area contributed by atoms with E-state index in [0.29, 0.717) is 17.8 Å². The van der Waals surface area contributed by atoms with E-state index in [0.717, 1.165) is 48.8 Å². The molecule has 0 fully saturated rings. The smallest absolute Gasteiger partial charge is 0.193 e. The first-order valence-corrected chi connectivity index (χ1v) is 11.2. The molecule has 3 N–H and O–H groups in total. The summed E-state index contributed by atoms with van der Waals surface area (Å²) in [5.41, 5.74) is 9.41. The van der Waals surface area contributed by atoms with Gasteiger partial charge in [0.15, 0.2) is 5.96 Å². The Morgan fingerprint density at radius 1 is 1.28 bits per heavy atom. The normalized spacial score (nSPS) is 11.0. The third kappa shape index (κ3) is 6.46. The first-order valence-electron chi connectivity index (χ1n) is 10.3. The molecule has 0 aliphatic rings. The SMILES string of the molecule is CN=C(NCCCc1nn(-c2ccc(C)cc2)c(N)c1C#N)N(C)CCc1cccs1.I. The van der Waals surface area contributed by atoms with Gasteiger partial charge in [0.05, 0.1) is 11.4 Å². The van der Waals surface area contributed by atoms with E-state index in [-0.39, 0.29) is 24.0 Å². The lowest BCUT2D eigenvalue weighted by atomic mass is 10.1. The predicted octanol–water partition coefficient (Wildman–Crippen LogP) is 4.00. The fraction of sp³-hybridized carbons (Fsp3) is 0.348. The second kappa shape index (κ2) is 12.5. The van der Waals surface area contributed by atoms with E-state index in [1.165, 1.54) is 4.88 Å². The molecule has 3 aromatic rings. The van der Waals surface area contributed by atoms with Crippen LogP contribution in [0.25, 0.3) is 5.69 Å². The molecular weight excluding hydrogens is 533 g/mol. The highest BCUT2D eigenvalue weighted by Gasteiger charge is 2.16. The summed E-state index contributed by atoms with van der Waals surface area (Å²) in [5, 5.41) is 19.7. The van der Waals surface area contributed by atoms with Gasteiger partial charge in [-0.25, -0.2) is 4.68 Å². The zero-order chi connectivity index (χ0) is 22.2. The third-order valence-electron chi connectivity index (χ3n) is 5.10. The van der Waals surface area contributed by atoms with Crippen molar-refractivity contribution in [1.82, 2.24) is 20.0 Å². The molecule has 0 unspecified atom stereocenters. The van der Waals surface area contributed by atoms with Crippen molar-refractivity contribution in [2.75, 3.05) is 32.9 Å². The van der Waals surface area contributed by atoms with Crippen LogP contribution in [0, 0.1) is 18.3 Å². The molecule has 0 saturated carbocycles. The summed E-state index contributed by atoms with van der Waals surface area (Å²) in [4.78, 5) is 7.87. The number of hydrogen-bond donors (Lipinski definition) is 2. The standard InChI is InChI=1S/C23H29N7S.HI/c1-17-8-10-18(11-9-17)30-22(25)20(16-24)21(28-30)7-4-13-27-23(26-2)29(3)14-12-19-6-5-15-31-19;/h5-6,8-11,15H,4,7,12-14,25H2,1-3H3,(H,26,27);1H. The molecule has 0 spiro atoms. The zero-order valence-electron chi connectivity index (χ0n) is 18.7. The molecule has 170 valence electrons. The molecule has 3 rings (SSSR count). The summed E-state index contributed by atoms with van der Waals surface area (Å²) in [7, 11) is 3.84. The van der Waals surface area contributed by atoms with Gasteiger partial charge in [-0.1, -0.05) is 23.8 Å². The van der Waals surface area contributed by atoms with Crippen molar-refractivity contribution in [1.29, 1.82) is 5.26 Å². The largest absolute Gasteiger partial charge is 0.382 e. The Labute approximate surface area is 211 Å². The van der Waals surface area contributed by atoms with Gasteiger partial charge < -0.3 is 16.0 Å². The van der Waals surface area contributed by atoms with Crippen LogP contribution in [0.5, 0.6) is 0 Å².